The Balaban J connectivity index is 1.62. The molecule has 0 radical (unpaired) electrons. The zero-order valence-corrected chi connectivity index (χ0v) is 7.35. The van der Waals surface area contributed by atoms with Crippen LogP contribution in [0.4, 0.5) is 0 Å². The van der Waals surface area contributed by atoms with E-state index in [-0.39, 0.29) is 0 Å². The molecule has 2 aliphatic heterocycles. The predicted molar refractivity (Wildman–Crippen MR) is 45.4 cm³/mol. The summed E-state index contributed by atoms with van der Waals surface area (Å²) in [6, 6.07) is 0. The maximum absolute atomic E-state index is 5.14. The third-order valence-electron chi connectivity index (χ3n) is 2.34. The molecule has 3 heterocycles. The van der Waals surface area contributed by atoms with Crippen molar-refractivity contribution in [2.45, 2.75) is 25.2 Å². The summed E-state index contributed by atoms with van der Waals surface area (Å²) in [5, 5.41) is 0. The average Bonchev–Trinajstić information content (AvgIpc) is 2.96. The molecule has 4 heteroatoms. The van der Waals surface area contributed by atoms with Crippen molar-refractivity contribution in [3.05, 3.63) is 18.2 Å². The summed E-state index contributed by atoms with van der Waals surface area (Å²) in [4.78, 5) is 4.30. The highest BCUT2D eigenvalue weighted by Gasteiger charge is 2.25. The van der Waals surface area contributed by atoms with Gasteiger partial charge in [0, 0.05) is 12.6 Å². The Kier molecular flexibility index (Phi) is 1.63. The van der Waals surface area contributed by atoms with Gasteiger partial charge in [-0.15, -0.1) is 0 Å². The molecule has 4 nitrogen and oxygen atoms in total. The van der Waals surface area contributed by atoms with E-state index >= 15 is 0 Å². The van der Waals surface area contributed by atoms with Crippen LogP contribution in [0.25, 0.3) is 0 Å². The van der Waals surface area contributed by atoms with E-state index < -0.39 is 0 Å². The van der Waals surface area contributed by atoms with Crippen LogP contribution in [-0.2, 0) is 22.4 Å². The number of hydrogen-bond acceptors (Lipinski definition) is 3. The van der Waals surface area contributed by atoms with Gasteiger partial charge in [-0.05, 0) is 0 Å². The minimum Gasteiger partial charge on any atom is -0.373 e. The number of rotatable bonds is 4. The van der Waals surface area contributed by atoms with Crippen molar-refractivity contribution in [3.63, 3.8) is 0 Å². The van der Waals surface area contributed by atoms with Gasteiger partial charge in [0.25, 0.3) is 0 Å². The topological polar surface area (TPSA) is 42.9 Å². The lowest BCUT2D eigenvalue weighted by atomic mass is 10.3. The Hall–Kier alpha value is -0.870. The largest absolute Gasteiger partial charge is 0.373 e. The third-order valence-corrected chi connectivity index (χ3v) is 2.34. The van der Waals surface area contributed by atoms with E-state index in [1.54, 1.807) is 0 Å². The summed E-state index contributed by atoms with van der Waals surface area (Å²) in [6.07, 6.45) is 5.78. The fourth-order valence-electron chi connectivity index (χ4n) is 1.44. The van der Waals surface area contributed by atoms with Crippen LogP contribution in [0, 0.1) is 0 Å². The van der Waals surface area contributed by atoms with Crippen molar-refractivity contribution >= 4 is 0 Å². The lowest BCUT2D eigenvalue weighted by Crippen LogP contribution is -2.00. The lowest BCUT2D eigenvalue weighted by molar-refractivity contribution is 0.382. The van der Waals surface area contributed by atoms with Gasteiger partial charge in [-0.2, -0.15) is 0 Å². The quantitative estimate of drug-likeness (QED) is 0.623. The number of epoxide rings is 2. The van der Waals surface area contributed by atoms with Crippen molar-refractivity contribution in [1.82, 2.24) is 9.55 Å². The molecule has 0 bridgehead atoms. The van der Waals surface area contributed by atoms with E-state index in [1.165, 1.54) is 0 Å². The van der Waals surface area contributed by atoms with Crippen molar-refractivity contribution in [2.75, 3.05) is 13.2 Å². The monoisotopic (exact) mass is 180 g/mol. The first-order valence-corrected chi connectivity index (χ1v) is 4.64. The number of aromatic nitrogens is 2. The second kappa shape index (κ2) is 2.82. The van der Waals surface area contributed by atoms with Crippen molar-refractivity contribution in [2.24, 2.45) is 0 Å². The Bertz CT molecular complexity index is 274. The molecule has 0 aliphatic carbocycles. The van der Waals surface area contributed by atoms with E-state index in [4.69, 9.17) is 9.47 Å². The van der Waals surface area contributed by atoms with Crippen LogP contribution in [0.2, 0.25) is 0 Å². The molecule has 0 aromatic carbocycles. The molecule has 1 aromatic rings. The summed E-state index contributed by atoms with van der Waals surface area (Å²) in [5.74, 6) is 0. The van der Waals surface area contributed by atoms with Gasteiger partial charge in [0.15, 0.2) is 0 Å². The molecule has 0 spiro atoms. The van der Waals surface area contributed by atoms with Crippen molar-refractivity contribution in [1.29, 1.82) is 0 Å². The summed E-state index contributed by atoms with van der Waals surface area (Å²) < 4.78 is 12.4. The summed E-state index contributed by atoms with van der Waals surface area (Å²) >= 11 is 0. The van der Waals surface area contributed by atoms with E-state index in [0.29, 0.717) is 12.2 Å². The molecule has 2 fully saturated rings. The molecule has 0 amide bonds. The van der Waals surface area contributed by atoms with Crippen molar-refractivity contribution in [3.8, 4) is 0 Å². The third kappa shape index (κ3) is 1.89. The zero-order chi connectivity index (χ0) is 8.67. The molecule has 0 saturated carbocycles. The van der Waals surface area contributed by atoms with E-state index in [0.717, 1.165) is 31.9 Å². The van der Waals surface area contributed by atoms with Crippen LogP contribution in [0.3, 0.4) is 0 Å². The zero-order valence-electron chi connectivity index (χ0n) is 7.35. The Labute approximate surface area is 76.5 Å². The Morgan fingerprint density at radius 3 is 2.85 bits per heavy atom. The van der Waals surface area contributed by atoms with Gasteiger partial charge in [0.2, 0.25) is 0 Å². The fraction of sp³-hybridized carbons (Fsp3) is 0.667. The fourth-order valence-corrected chi connectivity index (χ4v) is 1.44. The molecule has 13 heavy (non-hydrogen) atoms. The molecule has 2 aliphatic rings. The van der Waals surface area contributed by atoms with E-state index in [9.17, 15) is 0 Å². The smallest absolute Gasteiger partial charge is 0.0988 e. The maximum Gasteiger partial charge on any atom is 0.0988 e. The molecule has 1 aromatic heterocycles. The minimum atomic E-state index is 0.430. The second-order valence-electron chi connectivity index (χ2n) is 3.68. The first kappa shape index (κ1) is 7.53. The van der Waals surface area contributed by atoms with Crippen LogP contribution in [0.1, 0.15) is 5.69 Å². The highest BCUT2D eigenvalue weighted by Crippen LogP contribution is 2.16. The number of nitrogens with zero attached hydrogens (tertiary/aromatic N) is 2. The molecule has 2 unspecified atom stereocenters. The van der Waals surface area contributed by atoms with Gasteiger partial charge in [0.05, 0.1) is 44.0 Å². The van der Waals surface area contributed by atoms with E-state index in [2.05, 4.69) is 15.7 Å². The van der Waals surface area contributed by atoms with Crippen LogP contribution in [0.15, 0.2) is 12.5 Å². The first-order chi connectivity index (χ1) is 6.40. The molecular weight excluding hydrogens is 168 g/mol. The predicted octanol–water partition coefficient (Wildman–Crippen LogP) is 0.223. The Morgan fingerprint density at radius 1 is 1.38 bits per heavy atom. The summed E-state index contributed by atoms with van der Waals surface area (Å²) in [5.41, 5.74) is 1.13. The highest BCUT2D eigenvalue weighted by molar-refractivity contribution is 5.01. The van der Waals surface area contributed by atoms with Crippen LogP contribution in [0.5, 0.6) is 0 Å². The molecule has 2 atom stereocenters. The first-order valence-electron chi connectivity index (χ1n) is 4.64. The molecule has 2 saturated heterocycles. The van der Waals surface area contributed by atoms with Gasteiger partial charge in [-0.1, -0.05) is 0 Å². The van der Waals surface area contributed by atoms with Crippen LogP contribution in [-0.4, -0.2) is 35.0 Å². The average molecular weight is 180 g/mol. The number of hydrogen-bond donors (Lipinski definition) is 0. The summed E-state index contributed by atoms with van der Waals surface area (Å²) in [6.45, 7) is 2.75. The normalized spacial score (nSPS) is 30.5. The van der Waals surface area contributed by atoms with Gasteiger partial charge < -0.3 is 14.0 Å². The van der Waals surface area contributed by atoms with Gasteiger partial charge in [-0.3, -0.25) is 0 Å². The molecular formula is C9H12N2O2. The standard InChI is InChI=1S/C9H12N2O2/c1(8-4-12-8)7-2-11(6-10-7)3-9-5-13-9/h2,6,8-9H,1,3-5H2. The molecule has 3 rings (SSSR count). The maximum atomic E-state index is 5.14. The van der Waals surface area contributed by atoms with Gasteiger partial charge in [-0.25, -0.2) is 4.98 Å². The van der Waals surface area contributed by atoms with Crippen LogP contribution >= 0.6 is 0 Å². The second-order valence-corrected chi connectivity index (χ2v) is 3.68. The highest BCUT2D eigenvalue weighted by atomic mass is 16.6. The number of ether oxygens (including phenoxy) is 2. The van der Waals surface area contributed by atoms with E-state index in [1.807, 2.05) is 6.33 Å². The minimum absolute atomic E-state index is 0.430. The molecule has 0 N–H and O–H groups in total. The SMILES string of the molecule is c1nc(CC2CO2)cn1CC1CO1. The van der Waals surface area contributed by atoms with Gasteiger partial charge >= 0.3 is 0 Å². The summed E-state index contributed by atoms with van der Waals surface area (Å²) in [7, 11) is 0. The molecule has 70 valence electrons. The lowest BCUT2D eigenvalue weighted by Gasteiger charge is -1.94. The Morgan fingerprint density at radius 2 is 2.15 bits per heavy atom. The number of imidazole rings is 1. The van der Waals surface area contributed by atoms with Gasteiger partial charge in [0.1, 0.15) is 0 Å². The van der Waals surface area contributed by atoms with Crippen molar-refractivity contribution < 1.29 is 9.47 Å². The van der Waals surface area contributed by atoms with Crippen LogP contribution < -0.4 is 0 Å².